The van der Waals surface area contributed by atoms with Crippen molar-refractivity contribution >= 4 is 33.0 Å². The number of rotatable bonds is 5. The van der Waals surface area contributed by atoms with E-state index in [1.165, 1.54) is 6.07 Å². The molecule has 102 valence electrons. The summed E-state index contributed by atoms with van der Waals surface area (Å²) >= 11 is 11.7. The minimum atomic E-state index is -3.33. The van der Waals surface area contributed by atoms with Gasteiger partial charge in [0.05, 0.1) is 11.4 Å². The Kier molecular flexibility index (Phi) is 5.46. The van der Waals surface area contributed by atoms with Gasteiger partial charge in [0.1, 0.15) is 0 Å². The van der Waals surface area contributed by atoms with E-state index in [0.717, 1.165) is 0 Å². The van der Waals surface area contributed by atoms with Crippen LogP contribution in [0.1, 0.15) is 31.9 Å². The van der Waals surface area contributed by atoms with Gasteiger partial charge in [-0.3, -0.25) is 0 Å². The normalized spacial score (nSPS) is 15.4. The van der Waals surface area contributed by atoms with Crippen LogP contribution in [-0.2, 0) is 9.84 Å². The highest BCUT2D eigenvalue weighted by Crippen LogP contribution is 2.31. The second kappa shape index (κ2) is 6.24. The third-order valence-corrected chi connectivity index (χ3v) is 5.78. The lowest BCUT2D eigenvalue weighted by molar-refractivity contribution is 0.169. The van der Waals surface area contributed by atoms with Crippen LogP contribution in [0.15, 0.2) is 18.2 Å². The Morgan fingerprint density at radius 3 is 2.33 bits per heavy atom. The average molecular weight is 311 g/mol. The van der Waals surface area contributed by atoms with Crippen LogP contribution >= 0.6 is 23.2 Å². The summed E-state index contributed by atoms with van der Waals surface area (Å²) in [6.07, 6.45) is -0.805. The number of benzene rings is 1. The fourth-order valence-electron chi connectivity index (χ4n) is 1.83. The summed E-state index contributed by atoms with van der Waals surface area (Å²) in [6, 6.07) is 4.63. The number of halogens is 2. The van der Waals surface area contributed by atoms with E-state index in [2.05, 4.69) is 0 Å². The van der Waals surface area contributed by atoms with Crippen LogP contribution in [0.4, 0.5) is 0 Å². The van der Waals surface area contributed by atoms with Crippen molar-refractivity contribution in [1.29, 1.82) is 0 Å². The maximum atomic E-state index is 11.9. The Morgan fingerprint density at radius 1 is 1.28 bits per heavy atom. The average Bonchev–Trinajstić information content (AvgIpc) is 2.29. The molecule has 0 fully saturated rings. The monoisotopic (exact) mass is 310 g/mol. The summed E-state index contributed by atoms with van der Waals surface area (Å²) < 4.78 is 23.8. The molecule has 3 nitrogen and oxygen atoms in total. The molecule has 0 spiro atoms. The lowest BCUT2D eigenvalue weighted by Crippen LogP contribution is -2.29. The molecule has 1 aromatic rings. The van der Waals surface area contributed by atoms with Crippen LogP contribution in [0.2, 0.25) is 10.0 Å². The number of hydrogen-bond donors (Lipinski definition) is 1. The molecule has 18 heavy (non-hydrogen) atoms. The topological polar surface area (TPSA) is 54.4 Å². The van der Waals surface area contributed by atoms with E-state index < -0.39 is 21.2 Å². The van der Waals surface area contributed by atoms with Gasteiger partial charge >= 0.3 is 0 Å². The van der Waals surface area contributed by atoms with E-state index in [4.69, 9.17) is 23.2 Å². The zero-order chi connectivity index (χ0) is 13.9. The summed E-state index contributed by atoms with van der Waals surface area (Å²) in [7, 11) is -3.33. The number of sulfone groups is 1. The molecule has 2 atom stereocenters. The first-order valence-corrected chi connectivity index (χ1v) is 8.15. The molecule has 1 N–H and O–H groups in total. The van der Waals surface area contributed by atoms with Crippen LogP contribution in [0, 0.1) is 0 Å². The molecule has 2 unspecified atom stereocenters. The molecule has 0 aliphatic rings. The summed E-state index contributed by atoms with van der Waals surface area (Å²) in [5, 5.41) is 10.1. The third-order valence-electron chi connectivity index (χ3n) is 2.90. The molecule has 0 saturated heterocycles. The van der Waals surface area contributed by atoms with Gasteiger partial charge in [0, 0.05) is 21.4 Å². The van der Waals surface area contributed by atoms with Crippen molar-refractivity contribution < 1.29 is 13.5 Å². The van der Waals surface area contributed by atoms with Crippen molar-refractivity contribution in [3.05, 3.63) is 33.8 Å². The predicted molar refractivity (Wildman–Crippen MR) is 75.0 cm³/mol. The molecule has 0 heterocycles. The Bertz CT molecular complexity index is 514. The van der Waals surface area contributed by atoms with Crippen LogP contribution in [-0.4, -0.2) is 24.5 Å². The second-order valence-electron chi connectivity index (χ2n) is 4.01. The van der Waals surface area contributed by atoms with Crippen molar-refractivity contribution in [2.45, 2.75) is 31.6 Å². The first-order valence-electron chi connectivity index (χ1n) is 5.68. The smallest absolute Gasteiger partial charge is 0.155 e. The summed E-state index contributed by atoms with van der Waals surface area (Å²) in [4.78, 5) is 0. The largest absolute Gasteiger partial charge is 0.387 e. The second-order valence-corrected chi connectivity index (χ2v) is 7.36. The van der Waals surface area contributed by atoms with Gasteiger partial charge in [0.2, 0.25) is 0 Å². The molecule has 0 aliphatic heterocycles. The highest BCUT2D eigenvalue weighted by Gasteiger charge is 2.31. The van der Waals surface area contributed by atoms with Crippen LogP contribution in [0.5, 0.6) is 0 Å². The van der Waals surface area contributed by atoms with Crippen molar-refractivity contribution in [3.8, 4) is 0 Å². The zero-order valence-electron chi connectivity index (χ0n) is 10.2. The maximum Gasteiger partial charge on any atom is 0.155 e. The highest BCUT2D eigenvalue weighted by atomic mass is 35.5. The first kappa shape index (κ1) is 15.8. The maximum absolute atomic E-state index is 11.9. The van der Waals surface area contributed by atoms with Crippen LogP contribution in [0.25, 0.3) is 0 Å². The number of hydrogen-bond acceptors (Lipinski definition) is 3. The van der Waals surface area contributed by atoms with Crippen molar-refractivity contribution in [2.75, 3.05) is 5.75 Å². The van der Waals surface area contributed by atoms with Crippen molar-refractivity contribution in [3.63, 3.8) is 0 Å². The van der Waals surface area contributed by atoms with E-state index in [1.54, 1.807) is 26.0 Å². The van der Waals surface area contributed by atoms with Gasteiger partial charge in [-0.2, -0.15) is 0 Å². The molecule has 6 heteroatoms. The molecule has 1 rings (SSSR count). The summed E-state index contributed by atoms with van der Waals surface area (Å²) in [6.45, 7) is 3.29. The van der Waals surface area contributed by atoms with E-state index in [-0.39, 0.29) is 10.8 Å². The van der Waals surface area contributed by atoms with Crippen LogP contribution in [0.3, 0.4) is 0 Å². The molecule has 0 bridgehead atoms. The van der Waals surface area contributed by atoms with Gasteiger partial charge < -0.3 is 5.11 Å². The molecule has 0 aliphatic carbocycles. The fraction of sp³-hybridized carbons (Fsp3) is 0.500. The van der Waals surface area contributed by atoms with Gasteiger partial charge in [-0.05, 0) is 18.6 Å². The van der Waals surface area contributed by atoms with Gasteiger partial charge in [-0.15, -0.1) is 0 Å². The predicted octanol–water partition coefficient (Wildman–Crippen LogP) is 3.24. The van der Waals surface area contributed by atoms with Crippen molar-refractivity contribution in [1.82, 2.24) is 0 Å². The van der Waals surface area contributed by atoms with Crippen LogP contribution < -0.4 is 0 Å². The molecular weight excluding hydrogens is 295 g/mol. The minimum absolute atomic E-state index is 0.00618. The van der Waals surface area contributed by atoms with E-state index >= 15 is 0 Å². The molecule has 0 radical (unpaired) electrons. The molecular formula is C12H16Cl2O3S. The highest BCUT2D eigenvalue weighted by molar-refractivity contribution is 7.92. The first-order chi connectivity index (χ1) is 8.33. The Labute approximate surface area is 118 Å². The minimum Gasteiger partial charge on any atom is -0.387 e. The standard InChI is InChI=1S/C12H16Cl2O3S/c1-3-11(18(16,17)4-2)12(15)9-6-5-8(13)7-10(9)14/h5-7,11-12,15H,3-4H2,1-2H3. The fourth-order valence-corrected chi connectivity index (χ4v) is 3.82. The van der Waals surface area contributed by atoms with Crippen molar-refractivity contribution in [2.24, 2.45) is 0 Å². The quantitative estimate of drug-likeness (QED) is 0.908. The Hall–Kier alpha value is -0.290. The summed E-state index contributed by atoms with van der Waals surface area (Å²) in [5.74, 6) is -0.00618. The van der Waals surface area contributed by atoms with E-state index in [0.29, 0.717) is 17.0 Å². The zero-order valence-corrected chi connectivity index (χ0v) is 12.6. The Morgan fingerprint density at radius 2 is 1.89 bits per heavy atom. The van der Waals surface area contributed by atoms with Gasteiger partial charge in [0.15, 0.2) is 9.84 Å². The third kappa shape index (κ3) is 3.38. The number of aliphatic hydroxyl groups excluding tert-OH is 1. The van der Waals surface area contributed by atoms with Gasteiger partial charge in [0.25, 0.3) is 0 Å². The van der Waals surface area contributed by atoms with Gasteiger partial charge in [-0.1, -0.05) is 43.1 Å². The SMILES string of the molecule is CCC(C(O)c1ccc(Cl)cc1Cl)S(=O)(=O)CC. The summed E-state index contributed by atoms with van der Waals surface area (Å²) in [5.41, 5.74) is 0.393. The molecule has 0 amide bonds. The molecule has 1 aromatic carbocycles. The van der Waals surface area contributed by atoms with E-state index in [1.807, 2.05) is 0 Å². The molecule has 0 aromatic heterocycles. The lowest BCUT2D eigenvalue weighted by atomic mass is 10.0. The Balaban J connectivity index is 3.15. The number of aliphatic hydroxyl groups is 1. The van der Waals surface area contributed by atoms with Gasteiger partial charge in [-0.25, -0.2) is 8.42 Å². The lowest BCUT2D eigenvalue weighted by Gasteiger charge is -2.22. The van der Waals surface area contributed by atoms with E-state index in [9.17, 15) is 13.5 Å². The molecule has 0 saturated carbocycles.